The maximum atomic E-state index is 13.5. The van der Waals surface area contributed by atoms with Crippen LogP contribution < -0.4 is 8.61 Å². The van der Waals surface area contributed by atoms with E-state index in [1.807, 2.05) is 60.7 Å². The SMILES string of the molecule is Cc1nc(S(=O)(=O)N(Cc2ccccc2)c2cccc(C(=O)OC(C)(C)C)c2)cn1C.Cn1ccc(S(=O)(=O)N(Cc2ccccc2)c2cccc(C(=O)OC(C)(C)C)c2)n1. The van der Waals surface area contributed by atoms with Crippen LogP contribution in [0.15, 0.2) is 138 Å². The van der Waals surface area contributed by atoms with Crippen LogP contribution in [0, 0.1) is 6.92 Å². The minimum Gasteiger partial charge on any atom is -0.456 e. The van der Waals surface area contributed by atoms with Crippen LogP contribution in [0.2, 0.25) is 0 Å². The number of imidazole rings is 1. The Bertz CT molecular complexity index is 2660. The lowest BCUT2D eigenvalue weighted by atomic mass is 10.1. The molecular weight excluding hydrogens is 817 g/mol. The zero-order valence-corrected chi connectivity index (χ0v) is 37.4. The van der Waals surface area contributed by atoms with Crippen molar-refractivity contribution in [3.63, 3.8) is 0 Å². The van der Waals surface area contributed by atoms with E-state index in [1.54, 1.807) is 110 Å². The molecule has 61 heavy (non-hydrogen) atoms. The first kappa shape index (κ1) is 45.8. The molecule has 0 radical (unpaired) electrons. The average Bonchev–Trinajstić information content (AvgIpc) is 3.80. The molecule has 0 fully saturated rings. The van der Waals surface area contributed by atoms with Crippen molar-refractivity contribution < 1.29 is 35.9 Å². The number of aryl methyl sites for hydroxylation is 3. The van der Waals surface area contributed by atoms with Gasteiger partial charge in [0, 0.05) is 26.5 Å². The summed E-state index contributed by atoms with van der Waals surface area (Å²) in [6.45, 7) is 12.6. The molecule has 4 aromatic carbocycles. The van der Waals surface area contributed by atoms with Gasteiger partial charge in [-0.1, -0.05) is 72.8 Å². The van der Waals surface area contributed by atoms with E-state index in [9.17, 15) is 26.4 Å². The van der Waals surface area contributed by atoms with Gasteiger partial charge in [-0.2, -0.15) is 21.9 Å². The van der Waals surface area contributed by atoms with Crippen molar-refractivity contribution >= 4 is 43.4 Å². The lowest BCUT2D eigenvalue weighted by Crippen LogP contribution is -2.31. The number of aromatic nitrogens is 4. The van der Waals surface area contributed by atoms with E-state index in [1.165, 1.54) is 37.7 Å². The molecule has 6 rings (SSSR count). The molecule has 2 aromatic heterocycles. The smallest absolute Gasteiger partial charge is 0.338 e. The molecule has 0 unspecified atom stereocenters. The molecule has 2 heterocycles. The van der Waals surface area contributed by atoms with Crippen LogP contribution in [0.3, 0.4) is 0 Å². The summed E-state index contributed by atoms with van der Waals surface area (Å²) in [6.07, 6.45) is 3.06. The summed E-state index contributed by atoms with van der Waals surface area (Å²) >= 11 is 0. The summed E-state index contributed by atoms with van der Waals surface area (Å²) in [5.74, 6) is -0.444. The van der Waals surface area contributed by atoms with Gasteiger partial charge in [0.1, 0.15) is 17.0 Å². The molecule has 16 heteroatoms. The van der Waals surface area contributed by atoms with Gasteiger partial charge in [0.25, 0.3) is 20.0 Å². The molecule has 0 aliphatic rings. The number of benzene rings is 4. The zero-order valence-electron chi connectivity index (χ0n) is 35.8. The van der Waals surface area contributed by atoms with Gasteiger partial charge in [0.05, 0.1) is 35.6 Å². The highest BCUT2D eigenvalue weighted by atomic mass is 32.2. The summed E-state index contributed by atoms with van der Waals surface area (Å²) in [7, 11) is -4.54. The van der Waals surface area contributed by atoms with Gasteiger partial charge in [-0.15, -0.1) is 0 Å². The molecule has 0 atom stereocenters. The lowest BCUT2D eigenvalue weighted by Gasteiger charge is -2.24. The van der Waals surface area contributed by atoms with Crippen LogP contribution in [0.25, 0.3) is 0 Å². The third-order valence-electron chi connectivity index (χ3n) is 8.76. The Morgan fingerprint density at radius 2 is 1.03 bits per heavy atom. The molecule has 0 aliphatic heterocycles. The van der Waals surface area contributed by atoms with Crippen molar-refractivity contribution in [2.24, 2.45) is 14.1 Å². The van der Waals surface area contributed by atoms with Gasteiger partial charge in [-0.25, -0.2) is 14.6 Å². The number of carbonyl (C=O) groups excluding carboxylic acids is 2. The van der Waals surface area contributed by atoms with E-state index in [2.05, 4.69) is 10.1 Å². The molecule has 6 aromatic rings. The number of ether oxygens (including phenoxy) is 2. The third-order valence-corrected chi connectivity index (χ3v) is 12.1. The Balaban J connectivity index is 0.000000231. The zero-order chi connectivity index (χ0) is 44.8. The summed E-state index contributed by atoms with van der Waals surface area (Å²) in [5.41, 5.74) is 1.56. The van der Waals surface area contributed by atoms with Gasteiger partial charge in [-0.3, -0.25) is 13.3 Å². The summed E-state index contributed by atoms with van der Waals surface area (Å²) in [6, 6.07) is 32.8. The Morgan fingerprint density at radius 3 is 1.39 bits per heavy atom. The standard InChI is InChI=1S/C23H27N3O4S.C22H25N3O4S/c1-17-24-21(16-25(17)5)31(28,29)26(15-18-10-7-6-8-11-18)20-13-9-12-19(14-20)22(27)30-23(2,3)4;1-22(2,3)29-21(26)18-11-8-12-19(15-18)25(16-17-9-6-5-7-10-17)30(27,28)20-13-14-24(4)23-20/h6-14,16H,15H2,1-5H3;5-15H,16H2,1-4H3. The first-order valence-corrected chi connectivity index (χ1v) is 22.2. The fraction of sp³-hybridized carbons (Fsp3) is 0.289. The third kappa shape index (κ3) is 12.2. The second kappa shape index (κ2) is 18.6. The summed E-state index contributed by atoms with van der Waals surface area (Å²) < 4.78 is 70.4. The largest absolute Gasteiger partial charge is 0.456 e. The van der Waals surface area contributed by atoms with Crippen molar-refractivity contribution in [2.45, 2.75) is 82.8 Å². The monoisotopic (exact) mass is 868 g/mol. The van der Waals surface area contributed by atoms with Gasteiger partial charge < -0.3 is 14.0 Å². The van der Waals surface area contributed by atoms with E-state index in [0.29, 0.717) is 17.2 Å². The van der Waals surface area contributed by atoms with Crippen LogP contribution >= 0.6 is 0 Å². The quantitative estimate of drug-likeness (QED) is 0.111. The Kier molecular flexibility index (Phi) is 13.9. The van der Waals surface area contributed by atoms with Gasteiger partial charge in [0.15, 0.2) is 10.1 Å². The minimum atomic E-state index is -3.98. The maximum absolute atomic E-state index is 13.5. The molecule has 0 aliphatic carbocycles. The number of sulfonamides is 2. The molecule has 0 N–H and O–H groups in total. The van der Waals surface area contributed by atoms with Gasteiger partial charge >= 0.3 is 11.9 Å². The molecular formula is C45H52N6O8S2. The molecule has 322 valence electrons. The lowest BCUT2D eigenvalue weighted by molar-refractivity contribution is 0.00571. The highest BCUT2D eigenvalue weighted by molar-refractivity contribution is 7.93. The van der Waals surface area contributed by atoms with Crippen LogP contribution in [-0.2, 0) is 56.7 Å². The second-order valence-corrected chi connectivity index (χ2v) is 19.8. The normalized spacial score (nSPS) is 11.9. The number of rotatable bonds is 12. The molecule has 0 saturated heterocycles. The van der Waals surface area contributed by atoms with Crippen LogP contribution in [0.1, 0.15) is 79.2 Å². The summed E-state index contributed by atoms with van der Waals surface area (Å²) in [5, 5.41) is 3.96. The van der Waals surface area contributed by atoms with Crippen molar-refractivity contribution in [3.05, 3.63) is 156 Å². The van der Waals surface area contributed by atoms with Gasteiger partial charge in [-0.05, 0) is 102 Å². The highest BCUT2D eigenvalue weighted by Gasteiger charge is 2.31. The molecule has 0 bridgehead atoms. The second-order valence-electron chi connectivity index (χ2n) is 16.2. The predicted octanol–water partition coefficient (Wildman–Crippen LogP) is 7.85. The van der Waals surface area contributed by atoms with Crippen molar-refractivity contribution in [1.82, 2.24) is 19.3 Å². The topological polar surface area (TPSA) is 163 Å². The Morgan fingerprint density at radius 1 is 0.607 bits per heavy atom. The number of hydrogen-bond acceptors (Lipinski definition) is 10. The minimum absolute atomic E-state index is 0.0499. The fourth-order valence-corrected chi connectivity index (χ4v) is 8.66. The Labute approximate surface area is 358 Å². The highest BCUT2D eigenvalue weighted by Crippen LogP contribution is 2.29. The maximum Gasteiger partial charge on any atom is 0.338 e. The Hall–Kier alpha value is -6.26. The molecule has 0 amide bonds. The van der Waals surface area contributed by atoms with E-state index in [0.717, 1.165) is 11.1 Å². The van der Waals surface area contributed by atoms with Crippen molar-refractivity contribution in [2.75, 3.05) is 8.61 Å². The first-order chi connectivity index (χ1) is 28.5. The van der Waals surface area contributed by atoms with E-state index in [4.69, 9.17) is 9.47 Å². The van der Waals surface area contributed by atoms with E-state index in [-0.39, 0.29) is 34.3 Å². The molecule has 14 nitrogen and oxygen atoms in total. The van der Waals surface area contributed by atoms with Crippen LogP contribution in [0.4, 0.5) is 11.4 Å². The number of nitrogens with zero attached hydrogens (tertiary/aromatic N) is 6. The number of carbonyl (C=O) groups is 2. The van der Waals surface area contributed by atoms with Crippen LogP contribution in [-0.4, -0.2) is 59.3 Å². The molecule has 0 spiro atoms. The predicted molar refractivity (Wildman–Crippen MR) is 234 cm³/mol. The van der Waals surface area contributed by atoms with Crippen molar-refractivity contribution in [1.29, 1.82) is 0 Å². The van der Waals surface area contributed by atoms with E-state index < -0.39 is 43.2 Å². The first-order valence-electron chi connectivity index (χ1n) is 19.3. The fourth-order valence-electron chi connectivity index (χ4n) is 5.79. The number of esters is 2. The number of hydrogen-bond donors (Lipinski definition) is 0. The average molecular weight is 869 g/mol. The van der Waals surface area contributed by atoms with E-state index >= 15 is 0 Å². The van der Waals surface area contributed by atoms with Gasteiger partial charge in [0.2, 0.25) is 0 Å². The van der Waals surface area contributed by atoms with Crippen LogP contribution in [0.5, 0.6) is 0 Å². The molecule has 0 saturated carbocycles. The van der Waals surface area contributed by atoms with Crippen molar-refractivity contribution in [3.8, 4) is 0 Å². The number of anilines is 2. The summed E-state index contributed by atoms with van der Waals surface area (Å²) in [4.78, 5) is 29.3.